The van der Waals surface area contributed by atoms with Crippen molar-refractivity contribution in [3.8, 4) is 0 Å². The van der Waals surface area contributed by atoms with Crippen LogP contribution in [0.25, 0.3) is 0 Å². The minimum atomic E-state index is 0. The van der Waals surface area contributed by atoms with Crippen LogP contribution in [0, 0.1) is 11.3 Å². The van der Waals surface area contributed by atoms with E-state index in [0.717, 1.165) is 18.9 Å². The Kier molecular flexibility index (Phi) is 7.20. The summed E-state index contributed by atoms with van der Waals surface area (Å²) in [4.78, 5) is 11.8. The predicted octanol–water partition coefficient (Wildman–Crippen LogP) is 2.79. The first-order valence-corrected chi connectivity index (χ1v) is 7.56. The normalized spacial score (nSPS) is 14.4. The number of rotatable bonds is 8. The van der Waals surface area contributed by atoms with Gasteiger partial charge < -0.3 is 10.6 Å². The Bertz CT molecular complexity index is 430. The number of nitrogens with one attached hydrogen (secondary N) is 2. The first-order chi connectivity index (χ1) is 9.55. The molecule has 1 amide bonds. The van der Waals surface area contributed by atoms with Gasteiger partial charge in [0, 0.05) is 6.54 Å². The maximum Gasteiger partial charge on any atom is 0.233 e. The highest BCUT2D eigenvalue weighted by atomic mass is 35.5. The van der Waals surface area contributed by atoms with Crippen LogP contribution in [-0.2, 0) is 11.2 Å². The van der Waals surface area contributed by atoms with Gasteiger partial charge in [-0.3, -0.25) is 4.79 Å². The number of benzene rings is 1. The molecule has 21 heavy (non-hydrogen) atoms. The number of hydrogen-bond acceptors (Lipinski definition) is 2. The van der Waals surface area contributed by atoms with Crippen LogP contribution in [0.15, 0.2) is 30.3 Å². The van der Waals surface area contributed by atoms with Crippen molar-refractivity contribution in [1.29, 1.82) is 0 Å². The molecule has 0 unspecified atom stereocenters. The molecular weight excluding hydrogens is 284 g/mol. The van der Waals surface area contributed by atoms with Crippen molar-refractivity contribution in [3.05, 3.63) is 35.9 Å². The highest BCUT2D eigenvalue weighted by Crippen LogP contribution is 2.27. The van der Waals surface area contributed by atoms with Gasteiger partial charge in [0.05, 0.1) is 6.54 Å². The number of hydrogen-bond donors (Lipinski definition) is 2. The van der Waals surface area contributed by atoms with Crippen LogP contribution < -0.4 is 10.6 Å². The number of amides is 1. The molecule has 1 aromatic rings. The van der Waals surface area contributed by atoms with E-state index >= 15 is 0 Å². The Hall–Kier alpha value is -1.06. The van der Waals surface area contributed by atoms with E-state index in [-0.39, 0.29) is 23.7 Å². The van der Waals surface area contributed by atoms with E-state index in [4.69, 9.17) is 0 Å². The van der Waals surface area contributed by atoms with Crippen LogP contribution in [-0.4, -0.2) is 25.5 Å². The summed E-state index contributed by atoms with van der Waals surface area (Å²) in [6, 6.07) is 10.4. The van der Waals surface area contributed by atoms with Crippen molar-refractivity contribution in [2.45, 2.75) is 33.1 Å². The zero-order valence-corrected chi connectivity index (χ0v) is 13.8. The fraction of sp³-hybridized carbons (Fsp3) is 0.588. The third-order valence-corrected chi connectivity index (χ3v) is 3.71. The molecule has 0 aliphatic heterocycles. The molecule has 1 aliphatic rings. The van der Waals surface area contributed by atoms with Crippen LogP contribution in [0.2, 0.25) is 0 Å². The molecule has 4 heteroatoms. The van der Waals surface area contributed by atoms with Crippen molar-refractivity contribution >= 4 is 18.3 Å². The van der Waals surface area contributed by atoms with Gasteiger partial charge >= 0.3 is 0 Å². The molecule has 1 aromatic carbocycles. The quantitative estimate of drug-likeness (QED) is 0.775. The molecule has 0 spiro atoms. The minimum Gasteiger partial charge on any atom is -0.354 e. The summed E-state index contributed by atoms with van der Waals surface area (Å²) >= 11 is 0. The molecule has 1 fully saturated rings. The Morgan fingerprint density at radius 2 is 1.90 bits per heavy atom. The summed E-state index contributed by atoms with van der Waals surface area (Å²) in [5.41, 5.74) is 1.40. The molecule has 2 rings (SSSR count). The second kappa shape index (κ2) is 8.40. The third-order valence-electron chi connectivity index (χ3n) is 3.71. The highest BCUT2D eigenvalue weighted by Gasteiger charge is 2.21. The SMILES string of the molecule is CC(C)(CNC(=O)CNCC1CC1)Cc1ccccc1.Cl. The van der Waals surface area contributed by atoms with Gasteiger partial charge in [0.15, 0.2) is 0 Å². The van der Waals surface area contributed by atoms with Crippen LogP contribution in [0.3, 0.4) is 0 Å². The van der Waals surface area contributed by atoms with Crippen LogP contribution in [0.1, 0.15) is 32.3 Å². The third kappa shape index (κ3) is 7.49. The summed E-state index contributed by atoms with van der Waals surface area (Å²) in [6.07, 6.45) is 3.61. The van der Waals surface area contributed by atoms with Crippen molar-refractivity contribution in [2.24, 2.45) is 11.3 Å². The van der Waals surface area contributed by atoms with Gasteiger partial charge in [-0.05, 0) is 42.7 Å². The Morgan fingerprint density at radius 3 is 2.52 bits per heavy atom. The van der Waals surface area contributed by atoms with E-state index < -0.39 is 0 Å². The van der Waals surface area contributed by atoms with Crippen LogP contribution in [0.5, 0.6) is 0 Å². The van der Waals surface area contributed by atoms with Gasteiger partial charge in [0.25, 0.3) is 0 Å². The van der Waals surface area contributed by atoms with Gasteiger partial charge in [-0.25, -0.2) is 0 Å². The fourth-order valence-corrected chi connectivity index (χ4v) is 2.32. The van der Waals surface area contributed by atoms with Gasteiger partial charge in [-0.15, -0.1) is 12.4 Å². The number of halogens is 1. The summed E-state index contributed by atoms with van der Waals surface area (Å²) in [6.45, 7) is 6.53. The van der Waals surface area contributed by atoms with Crippen LogP contribution in [0.4, 0.5) is 0 Å². The fourth-order valence-electron chi connectivity index (χ4n) is 2.32. The average Bonchev–Trinajstić information content (AvgIpc) is 3.21. The van der Waals surface area contributed by atoms with Crippen LogP contribution >= 0.6 is 12.4 Å². The van der Waals surface area contributed by atoms with Crippen molar-refractivity contribution < 1.29 is 4.79 Å². The Labute approximate surface area is 134 Å². The monoisotopic (exact) mass is 310 g/mol. The lowest BCUT2D eigenvalue weighted by Crippen LogP contribution is -2.40. The first kappa shape index (κ1) is 18.0. The first-order valence-electron chi connectivity index (χ1n) is 7.56. The zero-order chi connectivity index (χ0) is 14.4. The molecule has 1 saturated carbocycles. The molecular formula is C17H27ClN2O. The molecule has 1 aliphatic carbocycles. The van der Waals surface area contributed by atoms with Crippen molar-refractivity contribution in [3.63, 3.8) is 0 Å². The zero-order valence-electron chi connectivity index (χ0n) is 13.0. The van der Waals surface area contributed by atoms with E-state index in [9.17, 15) is 4.79 Å². The van der Waals surface area contributed by atoms with E-state index in [1.165, 1.54) is 18.4 Å². The molecule has 0 heterocycles. The lowest BCUT2D eigenvalue weighted by Gasteiger charge is -2.25. The summed E-state index contributed by atoms with van der Waals surface area (Å²) in [5.74, 6) is 0.920. The maximum atomic E-state index is 11.8. The summed E-state index contributed by atoms with van der Waals surface area (Å²) < 4.78 is 0. The number of carbonyl (C=O) groups excluding carboxylic acids is 1. The molecule has 3 nitrogen and oxygen atoms in total. The van der Waals surface area contributed by atoms with E-state index in [1.807, 2.05) is 6.07 Å². The van der Waals surface area contributed by atoms with E-state index in [0.29, 0.717) is 13.1 Å². The number of carbonyl (C=O) groups is 1. The predicted molar refractivity (Wildman–Crippen MR) is 89.8 cm³/mol. The molecule has 2 N–H and O–H groups in total. The van der Waals surface area contributed by atoms with Gasteiger partial charge in [0.1, 0.15) is 0 Å². The second-order valence-corrected chi connectivity index (χ2v) is 6.68. The molecule has 0 saturated heterocycles. The molecule has 0 radical (unpaired) electrons. The lowest BCUT2D eigenvalue weighted by molar-refractivity contribution is -0.120. The molecule has 0 aromatic heterocycles. The molecule has 0 atom stereocenters. The summed E-state index contributed by atoms with van der Waals surface area (Å²) in [7, 11) is 0. The second-order valence-electron chi connectivity index (χ2n) is 6.68. The standard InChI is InChI=1S/C17H26N2O.ClH/c1-17(2,10-14-6-4-3-5-7-14)13-19-16(20)12-18-11-15-8-9-15;/h3-7,15,18H,8-13H2,1-2H3,(H,19,20);1H. The average molecular weight is 311 g/mol. The van der Waals surface area contributed by atoms with Gasteiger partial charge in [0.2, 0.25) is 5.91 Å². The topological polar surface area (TPSA) is 41.1 Å². The summed E-state index contributed by atoms with van der Waals surface area (Å²) in [5, 5.41) is 6.26. The van der Waals surface area contributed by atoms with E-state index in [1.54, 1.807) is 0 Å². The molecule has 0 bridgehead atoms. The van der Waals surface area contributed by atoms with E-state index in [2.05, 4.69) is 48.7 Å². The smallest absolute Gasteiger partial charge is 0.233 e. The Balaban J connectivity index is 0.00000220. The highest BCUT2D eigenvalue weighted by molar-refractivity contribution is 5.85. The molecule has 118 valence electrons. The van der Waals surface area contributed by atoms with Crippen molar-refractivity contribution in [1.82, 2.24) is 10.6 Å². The minimum absolute atomic E-state index is 0. The van der Waals surface area contributed by atoms with Gasteiger partial charge in [-0.2, -0.15) is 0 Å². The lowest BCUT2D eigenvalue weighted by atomic mass is 9.85. The largest absolute Gasteiger partial charge is 0.354 e. The maximum absolute atomic E-state index is 11.8. The Morgan fingerprint density at radius 1 is 1.24 bits per heavy atom. The van der Waals surface area contributed by atoms with Crippen molar-refractivity contribution in [2.75, 3.05) is 19.6 Å². The van der Waals surface area contributed by atoms with Gasteiger partial charge in [-0.1, -0.05) is 44.2 Å².